The first-order chi connectivity index (χ1) is 20.3. The van der Waals surface area contributed by atoms with Gasteiger partial charge in [-0.25, -0.2) is 0 Å². The first-order valence-electron chi connectivity index (χ1n) is 13.6. The summed E-state index contributed by atoms with van der Waals surface area (Å²) in [7, 11) is 0. The first-order valence-corrected chi connectivity index (χ1v) is 13.6. The Morgan fingerprint density at radius 2 is 1.48 bits per heavy atom. The highest BCUT2D eigenvalue weighted by molar-refractivity contribution is 6.07. The molecule has 0 spiro atoms. The number of Topliss-reactive ketones (excluding diaryl/α,β-unsaturated/α-hetero) is 1. The largest absolute Gasteiger partial charge is 0.489 e. The average molecular weight is 569 g/mol. The lowest BCUT2D eigenvalue weighted by molar-refractivity contribution is -0.170. The second-order valence-electron chi connectivity index (χ2n) is 10.4. The number of halogens is 3. The number of para-hydroxylation sites is 3. The molecule has 1 N–H and O–H groups in total. The number of nitrogens with one attached hydrogen (secondary N) is 1. The number of benzene rings is 4. The predicted octanol–water partition coefficient (Wildman–Crippen LogP) is 7.73. The number of carbonyl (C=O) groups is 2. The van der Waals surface area contributed by atoms with Gasteiger partial charge in [-0.2, -0.15) is 13.2 Å². The summed E-state index contributed by atoms with van der Waals surface area (Å²) in [6.07, 6.45) is -4.75. The van der Waals surface area contributed by atoms with E-state index in [0.29, 0.717) is 35.7 Å². The lowest BCUT2D eigenvalue weighted by atomic mass is 9.78. The molecule has 1 amide bonds. The maximum Gasteiger partial charge on any atom is 0.471 e. The van der Waals surface area contributed by atoms with Crippen LogP contribution in [0, 0.1) is 0 Å². The molecule has 0 unspecified atom stereocenters. The zero-order valence-corrected chi connectivity index (χ0v) is 22.5. The number of ketones is 1. The fourth-order valence-electron chi connectivity index (χ4n) is 5.81. The molecule has 0 fully saturated rings. The van der Waals surface area contributed by atoms with Crippen LogP contribution in [0.2, 0.25) is 0 Å². The van der Waals surface area contributed by atoms with Gasteiger partial charge in [-0.1, -0.05) is 91.0 Å². The molecule has 8 heteroatoms. The number of anilines is 2. The normalized spacial score (nSPS) is 18.5. The minimum Gasteiger partial charge on any atom is -0.489 e. The van der Waals surface area contributed by atoms with Gasteiger partial charge in [0, 0.05) is 23.6 Å². The molecule has 0 aromatic heterocycles. The Kier molecular flexibility index (Phi) is 7.29. The zero-order chi connectivity index (χ0) is 29.3. The molecule has 2 aliphatic rings. The number of carbonyl (C=O) groups excluding carboxylic acids is 2. The lowest BCUT2D eigenvalue weighted by Gasteiger charge is -2.35. The van der Waals surface area contributed by atoms with Gasteiger partial charge in [-0.05, 0) is 41.3 Å². The van der Waals surface area contributed by atoms with Crippen molar-refractivity contribution >= 4 is 23.1 Å². The monoisotopic (exact) mass is 568 g/mol. The van der Waals surface area contributed by atoms with Gasteiger partial charge in [0.2, 0.25) is 0 Å². The highest BCUT2D eigenvalue weighted by Gasteiger charge is 2.50. The van der Waals surface area contributed by atoms with E-state index < -0.39 is 18.1 Å². The number of alkyl halides is 3. The van der Waals surface area contributed by atoms with Gasteiger partial charge in [0.25, 0.3) is 0 Å². The minimum atomic E-state index is -5.15. The molecule has 42 heavy (non-hydrogen) atoms. The summed E-state index contributed by atoms with van der Waals surface area (Å²) in [4.78, 5) is 27.8. The van der Waals surface area contributed by atoms with Gasteiger partial charge >= 0.3 is 12.1 Å². The predicted molar refractivity (Wildman–Crippen MR) is 154 cm³/mol. The van der Waals surface area contributed by atoms with E-state index >= 15 is 0 Å². The lowest BCUT2D eigenvalue weighted by Crippen LogP contribution is -2.45. The summed E-state index contributed by atoms with van der Waals surface area (Å²) in [5, 5.41) is 3.26. The van der Waals surface area contributed by atoms with Crippen LogP contribution in [0.1, 0.15) is 41.5 Å². The highest BCUT2D eigenvalue weighted by Crippen LogP contribution is 2.49. The molecule has 4 aromatic carbocycles. The topological polar surface area (TPSA) is 58.6 Å². The number of fused-ring (bicyclic) bond motifs is 1. The van der Waals surface area contributed by atoms with Crippen LogP contribution in [-0.2, 0) is 16.2 Å². The number of hydrogen-bond donors (Lipinski definition) is 1. The standard InChI is InChI=1S/C34H27F3N2O3/c35-34(36,37)33(41)39-28-17-9-8-16-26(28)38-27-19-24(20-29(40)31(27)32(39)23-13-5-2-6-14-23)25-15-7-10-18-30(25)42-21-22-11-3-1-4-12-22/h1-18,24,32,38H,19-21H2/t24-,32-/m0/s1. The van der Waals surface area contributed by atoms with Gasteiger partial charge in [0.05, 0.1) is 17.4 Å². The third kappa shape index (κ3) is 5.28. The van der Waals surface area contributed by atoms with Crippen LogP contribution in [0.5, 0.6) is 5.75 Å². The van der Waals surface area contributed by atoms with Crippen molar-refractivity contribution in [1.82, 2.24) is 0 Å². The Bertz CT molecular complexity index is 1650. The van der Waals surface area contributed by atoms with Gasteiger partial charge in [-0.15, -0.1) is 0 Å². The number of ether oxygens (including phenoxy) is 1. The maximum absolute atomic E-state index is 14.1. The van der Waals surface area contributed by atoms with Crippen LogP contribution >= 0.6 is 0 Å². The maximum atomic E-state index is 14.1. The minimum absolute atomic E-state index is 0.0547. The first kappa shape index (κ1) is 27.3. The molecule has 0 saturated carbocycles. The van der Waals surface area contributed by atoms with Gasteiger partial charge in [0.1, 0.15) is 12.4 Å². The highest BCUT2D eigenvalue weighted by atomic mass is 19.4. The Hall–Kier alpha value is -4.85. The van der Waals surface area contributed by atoms with Crippen molar-refractivity contribution in [3.63, 3.8) is 0 Å². The van der Waals surface area contributed by atoms with E-state index in [2.05, 4.69) is 5.32 Å². The number of hydrogen-bond acceptors (Lipinski definition) is 4. The Labute approximate surface area is 241 Å². The van der Waals surface area contributed by atoms with Crippen molar-refractivity contribution in [2.45, 2.75) is 37.6 Å². The molecule has 1 aliphatic carbocycles. The summed E-state index contributed by atoms with van der Waals surface area (Å²) in [6, 6.07) is 30.7. The van der Waals surface area contributed by atoms with Gasteiger partial charge < -0.3 is 10.1 Å². The molecule has 0 bridgehead atoms. The average Bonchev–Trinajstić information content (AvgIpc) is 3.15. The van der Waals surface area contributed by atoms with Crippen LogP contribution in [-0.4, -0.2) is 17.9 Å². The number of allylic oxidation sites excluding steroid dienone is 1. The summed E-state index contributed by atoms with van der Waals surface area (Å²) in [6.45, 7) is 0.350. The molecular weight excluding hydrogens is 541 g/mol. The third-order valence-corrected chi connectivity index (χ3v) is 7.66. The van der Waals surface area contributed by atoms with Crippen LogP contribution in [0.25, 0.3) is 0 Å². The van der Waals surface area contributed by atoms with Crippen molar-refractivity contribution in [3.8, 4) is 5.75 Å². The number of amides is 1. The van der Waals surface area contributed by atoms with Crippen molar-refractivity contribution in [1.29, 1.82) is 0 Å². The molecule has 212 valence electrons. The second kappa shape index (κ2) is 11.2. The summed E-state index contributed by atoms with van der Waals surface area (Å²) < 4.78 is 48.4. The summed E-state index contributed by atoms with van der Waals surface area (Å²) in [5.41, 5.74) is 3.29. The Morgan fingerprint density at radius 3 is 2.21 bits per heavy atom. The van der Waals surface area contributed by atoms with Crippen molar-refractivity contribution in [2.24, 2.45) is 0 Å². The number of nitrogens with zero attached hydrogens (tertiary/aromatic N) is 1. The van der Waals surface area contributed by atoms with E-state index in [1.54, 1.807) is 48.5 Å². The van der Waals surface area contributed by atoms with Gasteiger partial charge in [-0.3, -0.25) is 14.5 Å². The van der Waals surface area contributed by atoms with E-state index in [-0.39, 0.29) is 29.4 Å². The van der Waals surface area contributed by atoms with Crippen LogP contribution in [0.3, 0.4) is 0 Å². The van der Waals surface area contributed by atoms with Crippen LogP contribution in [0.15, 0.2) is 120 Å². The third-order valence-electron chi connectivity index (χ3n) is 7.66. The smallest absolute Gasteiger partial charge is 0.471 e. The van der Waals surface area contributed by atoms with Crippen molar-refractivity contribution in [3.05, 3.63) is 137 Å². The molecule has 6 rings (SSSR count). The Morgan fingerprint density at radius 1 is 0.833 bits per heavy atom. The van der Waals surface area contributed by atoms with E-state index in [0.717, 1.165) is 16.0 Å². The Balaban J connectivity index is 1.44. The molecule has 0 saturated heterocycles. The summed E-state index contributed by atoms with van der Waals surface area (Å²) >= 11 is 0. The van der Waals surface area contributed by atoms with Crippen LogP contribution < -0.4 is 15.0 Å². The fraction of sp³-hybridized carbons (Fsp3) is 0.176. The van der Waals surface area contributed by atoms with E-state index in [9.17, 15) is 22.8 Å². The SMILES string of the molecule is O=C1C[C@@H](c2ccccc2OCc2ccccc2)CC2=C1[C@H](c1ccccc1)N(C(=O)C(F)(F)F)c1ccccc1N2. The van der Waals surface area contributed by atoms with E-state index in [1.807, 2.05) is 54.6 Å². The van der Waals surface area contributed by atoms with Crippen molar-refractivity contribution in [2.75, 3.05) is 10.2 Å². The molecule has 5 nitrogen and oxygen atoms in total. The van der Waals surface area contributed by atoms with Gasteiger partial charge in [0.15, 0.2) is 5.78 Å². The quantitative estimate of drug-likeness (QED) is 0.268. The fourth-order valence-corrected chi connectivity index (χ4v) is 5.81. The molecular formula is C34H27F3N2O3. The second-order valence-corrected chi connectivity index (χ2v) is 10.4. The summed E-state index contributed by atoms with van der Waals surface area (Å²) in [5.74, 6) is -2.00. The van der Waals surface area contributed by atoms with E-state index in [4.69, 9.17) is 4.74 Å². The molecule has 2 atom stereocenters. The van der Waals surface area contributed by atoms with E-state index in [1.165, 1.54) is 6.07 Å². The zero-order valence-electron chi connectivity index (χ0n) is 22.5. The molecule has 1 heterocycles. The van der Waals surface area contributed by atoms with Crippen molar-refractivity contribution < 1.29 is 27.5 Å². The molecule has 4 aromatic rings. The van der Waals surface area contributed by atoms with Crippen LogP contribution in [0.4, 0.5) is 24.5 Å². The number of rotatable bonds is 5. The molecule has 1 aliphatic heterocycles. The molecule has 0 radical (unpaired) electrons.